The van der Waals surface area contributed by atoms with Gasteiger partial charge in [-0.2, -0.15) is 0 Å². The lowest BCUT2D eigenvalue weighted by molar-refractivity contribution is 0.0671. The van der Waals surface area contributed by atoms with Gasteiger partial charge in [0.05, 0.1) is 23.2 Å². The summed E-state index contributed by atoms with van der Waals surface area (Å²) in [6, 6.07) is 24.9. The average molecular weight is 630 g/mol. The third-order valence-corrected chi connectivity index (χ3v) is 8.71. The largest absolute Gasteiger partial charge is 0.497 e. The number of anilines is 2. The van der Waals surface area contributed by atoms with Gasteiger partial charge in [0, 0.05) is 60.5 Å². The zero-order valence-corrected chi connectivity index (χ0v) is 26.3. The van der Waals surface area contributed by atoms with Crippen molar-refractivity contribution in [3.63, 3.8) is 0 Å². The SMILES string of the molecule is COc1cccc(NC(=O)N2CCN(C(=O)c3ccc(NSc4cccc5ccc(C6C=C\C=C/C=C\C=C/6)nc45)cc3)CC2)c1. The van der Waals surface area contributed by atoms with Crippen LogP contribution < -0.4 is 14.8 Å². The Kier molecular flexibility index (Phi) is 9.80. The number of aromatic nitrogens is 1. The third kappa shape index (κ3) is 7.50. The molecule has 1 saturated heterocycles. The number of nitrogens with one attached hydrogen (secondary N) is 2. The molecule has 3 amide bonds. The molecule has 0 radical (unpaired) electrons. The van der Waals surface area contributed by atoms with Crippen molar-refractivity contribution in [3.05, 3.63) is 139 Å². The molecule has 2 heterocycles. The van der Waals surface area contributed by atoms with Gasteiger partial charge < -0.3 is 24.6 Å². The second kappa shape index (κ2) is 14.7. The van der Waals surface area contributed by atoms with Gasteiger partial charge >= 0.3 is 6.03 Å². The van der Waals surface area contributed by atoms with E-state index in [-0.39, 0.29) is 17.9 Å². The molecule has 1 aliphatic carbocycles. The number of hydrogen-bond donors (Lipinski definition) is 2. The molecular formula is C37H35N5O3S. The molecule has 232 valence electrons. The first-order valence-corrected chi connectivity index (χ1v) is 16.0. The normalized spacial score (nSPS) is 18.2. The number of piperazine rings is 1. The highest BCUT2D eigenvalue weighted by molar-refractivity contribution is 8.00. The van der Waals surface area contributed by atoms with Crippen molar-refractivity contribution in [2.75, 3.05) is 43.3 Å². The first kappa shape index (κ1) is 30.7. The average Bonchev–Trinajstić information content (AvgIpc) is 3.25. The Morgan fingerprint density at radius 1 is 0.783 bits per heavy atom. The summed E-state index contributed by atoms with van der Waals surface area (Å²) in [6.07, 6.45) is 16.5. The minimum Gasteiger partial charge on any atom is -0.497 e. The van der Waals surface area contributed by atoms with Crippen LogP contribution in [0.4, 0.5) is 16.2 Å². The zero-order valence-electron chi connectivity index (χ0n) is 25.5. The fourth-order valence-corrected chi connectivity index (χ4v) is 6.05. The molecule has 6 rings (SSSR count). The van der Waals surface area contributed by atoms with E-state index in [1.807, 2.05) is 72.8 Å². The topological polar surface area (TPSA) is 86.8 Å². The molecule has 2 N–H and O–H groups in total. The lowest BCUT2D eigenvalue weighted by Crippen LogP contribution is -2.51. The van der Waals surface area contributed by atoms with Gasteiger partial charge in [0.1, 0.15) is 5.75 Å². The fourth-order valence-electron chi connectivity index (χ4n) is 5.28. The van der Waals surface area contributed by atoms with E-state index in [1.165, 1.54) is 11.9 Å². The lowest BCUT2D eigenvalue weighted by Gasteiger charge is -2.34. The van der Waals surface area contributed by atoms with Crippen molar-refractivity contribution in [2.24, 2.45) is 0 Å². The van der Waals surface area contributed by atoms with Crippen molar-refractivity contribution in [1.29, 1.82) is 0 Å². The standard InChI is InChI=1S/C37H35N5O3S/c1-45-32-14-9-13-31(26-32)38-37(44)42-24-22-41(23-25-42)36(43)29-16-19-30(20-17-29)40-46-34-15-8-12-28-18-21-33(39-35(28)34)27-10-6-4-2-3-5-7-11-27/h2-21,26-27,40H,22-25H2,1H3,(H,38,44)/b4-2-,5-3-,10-6-,11-7?. The number of methoxy groups -OCH3 is 1. The number of para-hydroxylation sites is 1. The van der Waals surface area contributed by atoms with E-state index in [9.17, 15) is 9.59 Å². The van der Waals surface area contributed by atoms with E-state index in [0.29, 0.717) is 43.2 Å². The van der Waals surface area contributed by atoms with Crippen LogP contribution in [0.5, 0.6) is 5.75 Å². The quantitative estimate of drug-likeness (QED) is 0.204. The molecule has 9 heteroatoms. The summed E-state index contributed by atoms with van der Waals surface area (Å²) in [4.78, 5) is 35.6. The van der Waals surface area contributed by atoms with E-state index in [0.717, 1.165) is 27.2 Å². The van der Waals surface area contributed by atoms with Gasteiger partial charge in [-0.25, -0.2) is 4.79 Å². The summed E-state index contributed by atoms with van der Waals surface area (Å²) < 4.78 is 8.65. The van der Waals surface area contributed by atoms with Gasteiger partial charge in [-0.1, -0.05) is 72.9 Å². The number of hydrogen-bond acceptors (Lipinski definition) is 6. The van der Waals surface area contributed by atoms with E-state index < -0.39 is 0 Å². The number of amides is 3. The van der Waals surface area contributed by atoms with Crippen molar-refractivity contribution in [2.45, 2.75) is 10.8 Å². The molecule has 46 heavy (non-hydrogen) atoms. The van der Waals surface area contributed by atoms with E-state index in [1.54, 1.807) is 23.0 Å². The van der Waals surface area contributed by atoms with Crippen LogP contribution in [0.2, 0.25) is 0 Å². The molecule has 1 unspecified atom stereocenters. The molecule has 0 spiro atoms. The smallest absolute Gasteiger partial charge is 0.321 e. The number of urea groups is 1. The first-order valence-electron chi connectivity index (χ1n) is 15.2. The molecule has 1 atom stereocenters. The van der Waals surface area contributed by atoms with Gasteiger partial charge in [-0.3, -0.25) is 9.78 Å². The number of ether oxygens (including phenoxy) is 1. The minimum atomic E-state index is -0.190. The number of fused-ring (bicyclic) bond motifs is 1. The van der Waals surface area contributed by atoms with Gasteiger partial charge in [0.2, 0.25) is 0 Å². The molecule has 4 aromatic rings. The van der Waals surface area contributed by atoms with Crippen LogP contribution in [0.25, 0.3) is 10.9 Å². The Labute approximate surface area is 273 Å². The third-order valence-electron chi connectivity index (χ3n) is 7.82. The first-order chi connectivity index (χ1) is 22.6. The van der Waals surface area contributed by atoms with E-state index in [2.05, 4.69) is 58.6 Å². The zero-order chi connectivity index (χ0) is 31.7. The van der Waals surface area contributed by atoms with Gasteiger partial charge in [-0.15, -0.1) is 0 Å². The summed E-state index contributed by atoms with van der Waals surface area (Å²) >= 11 is 1.50. The van der Waals surface area contributed by atoms with Crippen LogP contribution in [0.3, 0.4) is 0 Å². The van der Waals surface area contributed by atoms with Gasteiger partial charge in [0.15, 0.2) is 0 Å². The number of nitrogens with zero attached hydrogens (tertiary/aromatic N) is 3. The molecule has 3 aromatic carbocycles. The maximum absolute atomic E-state index is 13.2. The Bertz CT molecular complexity index is 1800. The van der Waals surface area contributed by atoms with E-state index >= 15 is 0 Å². The number of carbonyl (C=O) groups excluding carboxylic acids is 2. The summed E-state index contributed by atoms with van der Waals surface area (Å²) in [5, 5.41) is 3.98. The maximum Gasteiger partial charge on any atom is 0.321 e. The highest BCUT2D eigenvalue weighted by Crippen LogP contribution is 2.30. The molecule has 1 aliphatic heterocycles. The van der Waals surface area contributed by atoms with Crippen molar-refractivity contribution in [1.82, 2.24) is 14.8 Å². The summed E-state index contributed by atoms with van der Waals surface area (Å²) in [6.45, 7) is 1.85. The molecule has 8 nitrogen and oxygen atoms in total. The highest BCUT2D eigenvalue weighted by Gasteiger charge is 2.25. The van der Waals surface area contributed by atoms with Crippen LogP contribution >= 0.6 is 11.9 Å². The Hall–Kier alpha value is -5.28. The number of pyridine rings is 1. The maximum atomic E-state index is 13.2. The molecule has 1 aromatic heterocycles. The lowest BCUT2D eigenvalue weighted by atomic mass is 10.0. The Balaban J connectivity index is 1.05. The van der Waals surface area contributed by atoms with Crippen molar-refractivity contribution in [3.8, 4) is 5.75 Å². The second-order valence-corrected chi connectivity index (χ2v) is 11.7. The monoisotopic (exact) mass is 629 g/mol. The fraction of sp³-hybridized carbons (Fsp3) is 0.162. The number of carbonyl (C=O) groups is 2. The Morgan fingerprint density at radius 2 is 1.48 bits per heavy atom. The minimum absolute atomic E-state index is 0.0446. The van der Waals surface area contributed by atoms with Crippen molar-refractivity contribution >= 4 is 46.2 Å². The molecule has 0 bridgehead atoms. The Morgan fingerprint density at radius 3 is 2.22 bits per heavy atom. The van der Waals surface area contributed by atoms with Crippen LogP contribution in [-0.2, 0) is 0 Å². The van der Waals surface area contributed by atoms with Crippen LogP contribution in [0.1, 0.15) is 22.0 Å². The molecule has 1 fully saturated rings. The molecular weight excluding hydrogens is 595 g/mol. The van der Waals surface area contributed by atoms with Crippen LogP contribution in [0.15, 0.2) is 132 Å². The summed E-state index contributed by atoms with van der Waals surface area (Å²) in [5.41, 5.74) is 4.09. The second-order valence-electron chi connectivity index (χ2n) is 10.9. The predicted molar refractivity (Wildman–Crippen MR) is 186 cm³/mol. The molecule has 0 saturated carbocycles. The molecule has 2 aliphatic rings. The number of benzene rings is 3. The van der Waals surface area contributed by atoms with Gasteiger partial charge in [0.25, 0.3) is 5.91 Å². The summed E-state index contributed by atoms with van der Waals surface area (Å²) in [5.74, 6) is 0.707. The highest BCUT2D eigenvalue weighted by atomic mass is 32.2. The van der Waals surface area contributed by atoms with Crippen LogP contribution in [-0.4, -0.2) is 60.0 Å². The van der Waals surface area contributed by atoms with E-state index in [4.69, 9.17) is 9.72 Å². The van der Waals surface area contributed by atoms with Crippen LogP contribution in [0, 0.1) is 0 Å². The summed E-state index contributed by atoms with van der Waals surface area (Å²) in [7, 11) is 1.59. The van der Waals surface area contributed by atoms with Gasteiger partial charge in [-0.05, 0) is 60.5 Å². The number of allylic oxidation sites excluding steroid dienone is 8. The predicted octanol–water partition coefficient (Wildman–Crippen LogP) is 7.67. The number of rotatable bonds is 7. The van der Waals surface area contributed by atoms with Crippen molar-refractivity contribution < 1.29 is 14.3 Å².